The van der Waals surface area contributed by atoms with Crippen LogP contribution in [0.4, 0.5) is 0 Å². The van der Waals surface area contributed by atoms with Crippen molar-refractivity contribution in [2.24, 2.45) is 0 Å². The predicted octanol–water partition coefficient (Wildman–Crippen LogP) is 2.16. The van der Waals surface area contributed by atoms with E-state index in [1.54, 1.807) is 0 Å². The molecule has 0 unspecified atom stereocenters. The van der Waals surface area contributed by atoms with E-state index in [9.17, 15) is 4.79 Å². The molecule has 0 fully saturated rings. The summed E-state index contributed by atoms with van der Waals surface area (Å²) in [6.45, 7) is 3.02. The SMILES string of the molecule is CC(=O)NCCC=Cc1ccc2c(c1)CCO2. The number of ether oxygens (including phenoxy) is 1. The standard InChI is InChI=1S/C14H17NO2/c1-11(16)15-8-3-2-4-12-5-6-14-13(10-12)7-9-17-14/h2,4-6,10H,3,7-9H2,1H3,(H,15,16). The zero-order chi connectivity index (χ0) is 12.1. The summed E-state index contributed by atoms with van der Waals surface area (Å²) in [6, 6.07) is 6.24. The molecule has 0 saturated carbocycles. The molecule has 1 aromatic rings. The molecule has 0 radical (unpaired) electrons. The van der Waals surface area contributed by atoms with Crippen molar-refractivity contribution in [1.29, 1.82) is 0 Å². The summed E-state index contributed by atoms with van der Waals surface area (Å²) in [5.74, 6) is 1.04. The van der Waals surface area contributed by atoms with Crippen LogP contribution in [0.25, 0.3) is 6.08 Å². The third-order valence-electron chi connectivity index (χ3n) is 2.71. The van der Waals surface area contributed by atoms with Gasteiger partial charge in [0.1, 0.15) is 5.75 Å². The van der Waals surface area contributed by atoms with Gasteiger partial charge in [0.05, 0.1) is 6.61 Å². The van der Waals surface area contributed by atoms with E-state index in [4.69, 9.17) is 4.74 Å². The van der Waals surface area contributed by atoms with Gasteiger partial charge in [-0.25, -0.2) is 0 Å². The van der Waals surface area contributed by atoms with Crippen molar-refractivity contribution in [3.05, 3.63) is 35.4 Å². The van der Waals surface area contributed by atoms with E-state index < -0.39 is 0 Å². The van der Waals surface area contributed by atoms with Gasteiger partial charge in [0.15, 0.2) is 0 Å². The number of benzene rings is 1. The molecular weight excluding hydrogens is 214 g/mol. The second-order valence-corrected chi connectivity index (χ2v) is 4.14. The maximum Gasteiger partial charge on any atom is 0.216 e. The first kappa shape index (κ1) is 11.7. The van der Waals surface area contributed by atoms with Gasteiger partial charge in [-0.05, 0) is 29.7 Å². The first-order valence-electron chi connectivity index (χ1n) is 5.92. The van der Waals surface area contributed by atoms with Crippen LogP contribution in [0.2, 0.25) is 0 Å². The Kier molecular flexibility index (Phi) is 3.81. The minimum atomic E-state index is 0.0214. The van der Waals surface area contributed by atoms with Crippen molar-refractivity contribution in [2.75, 3.05) is 13.2 Å². The van der Waals surface area contributed by atoms with E-state index >= 15 is 0 Å². The highest BCUT2D eigenvalue weighted by Crippen LogP contribution is 2.26. The minimum Gasteiger partial charge on any atom is -0.493 e. The Hall–Kier alpha value is -1.77. The lowest BCUT2D eigenvalue weighted by molar-refractivity contribution is -0.118. The predicted molar refractivity (Wildman–Crippen MR) is 68.0 cm³/mol. The van der Waals surface area contributed by atoms with Crippen LogP contribution in [-0.4, -0.2) is 19.1 Å². The molecule has 0 aromatic heterocycles. The lowest BCUT2D eigenvalue weighted by atomic mass is 10.1. The van der Waals surface area contributed by atoms with Crippen molar-refractivity contribution in [2.45, 2.75) is 19.8 Å². The lowest BCUT2D eigenvalue weighted by Gasteiger charge is -2.00. The van der Waals surface area contributed by atoms with Crippen LogP contribution in [0, 0.1) is 0 Å². The van der Waals surface area contributed by atoms with Gasteiger partial charge in [-0.3, -0.25) is 4.79 Å². The first-order valence-corrected chi connectivity index (χ1v) is 5.92. The van der Waals surface area contributed by atoms with E-state index in [1.165, 1.54) is 18.1 Å². The number of amides is 1. The third-order valence-corrected chi connectivity index (χ3v) is 2.71. The highest BCUT2D eigenvalue weighted by Gasteiger charge is 2.10. The normalized spacial score (nSPS) is 13.5. The number of rotatable bonds is 4. The van der Waals surface area contributed by atoms with Gasteiger partial charge in [0, 0.05) is 19.9 Å². The summed E-state index contributed by atoms with van der Waals surface area (Å²) in [5, 5.41) is 2.76. The average molecular weight is 231 g/mol. The molecule has 1 N–H and O–H groups in total. The van der Waals surface area contributed by atoms with Gasteiger partial charge in [-0.15, -0.1) is 0 Å². The maximum atomic E-state index is 10.7. The van der Waals surface area contributed by atoms with Gasteiger partial charge >= 0.3 is 0 Å². The summed E-state index contributed by atoms with van der Waals surface area (Å²) in [5.41, 5.74) is 2.48. The number of carbonyl (C=O) groups is 1. The number of carbonyl (C=O) groups excluding carboxylic acids is 1. The molecule has 1 heterocycles. The molecular formula is C14H17NO2. The van der Waals surface area contributed by atoms with Gasteiger partial charge in [-0.2, -0.15) is 0 Å². The number of nitrogens with one attached hydrogen (secondary N) is 1. The Morgan fingerprint density at radius 3 is 3.24 bits per heavy atom. The zero-order valence-corrected chi connectivity index (χ0v) is 10.0. The van der Waals surface area contributed by atoms with Crippen molar-refractivity contribution in [3.8, 4) is 5.75 Å². The fourth-order valence-corrected chi connectivity index (χ4v) is 1.86. The molecule has 90 valence electrons. The van der Waals surface area contributed by atoms with Crippen LogP contribution in [0.3, 0.4) is 0 Å². The molecule has 1 amide bonds. The Balaban J connectivity index is 1.86. The summed E-state index contributed by atoms with van der Waals surface area (Å²) in [4.78, 5) is 10.7. The molecule has 1 aliphatic heterocycles. The van der Waals surface area contributed by atoms with Crippen LogP contribution in [0.15, 0.2) is 24.3 Å². The Bertz CT molecular complexity index is 438. The van der Waals surface area contributed by atoms with E-state index in [2.05, 4.69) is 29.6 Å². The van der Waals surface area contributed by atoms with E-state index in [0.717, 1.165) is 25.2 Å². The van der Waals surface area contributed by atoms with Crippen LogP contribution >= 0.6 is 0 Å². The molecule has 0 spiro atoms. The summed E-state index contributed by atoms with van der Waals surface area (Å²) in [7, 11) is 0. The third kappa shape index (κ3) is 3.34. The maximum absolute atomic E-state index is 10.7. The second kappa shape index (κ2) is 5.53. The number of fused-ring (bicyclic) bond motifs is 1. The largest absolute Gasteiger partial charge is 0.493 e. The summed E-state index contributed by atoms with van der Waals surface area (Å²) >= 11 is 0. The van der Waals surface area contributed by atoms with E-state index in [1.807, 2.05) is 6.07 Å². The molecule has 0 atom stereocenters. The van der Waals surface area contributed by atoms with Gasteiger partial charge < -0.3 is 10.1 Å². The Morgan fingerprint density at radius 1 is 1.53 bits per heavy atom. The summed E-state index contributed by atoms with van der Waals surface area (Å²) in [6.07, 6.45) is 6.02. The van der Waals surface area contributed by atoms with Gasteiger partial charge in [0.25, 0.3) is 0 Å². The quantitative estimate of drug-likeness (QED) is 0.806. The average Bonchev–Trinajstić information content (AvgIpc) is 2.75. The monoisotopic (exact) mass is 231 g/mol. The molecule has 17 heavy (non-hydrogen) atoms. The van der Waals surface area contributed by atoms with Crippen LogP contribution in [0.1, 0.15) is 24.5 Å². The number of hydrogen-bond acceptors (Lipinski definition) is 2. The fraction of sp³-hybridized carbons (Fsp3) is 0.357. The first-order chi connectivity index (χ1) is 8.25. The molecule has 2 rings (SSSR count). The van der Waals surface area contributed by atoms with Crippen molar-refractivity contribution in [3.63, 3.8) is 0 Å². The van der Waals surface area contributed by atoms with Gasteiger partial charge in [-0.1, -0.05) is 18.2 Å². The molecule has 3 heteroatoms. The smallest absolute Gasteiger partial charge is 0.216 e. The van der Waals surface area contributed by atoms with Crippen molar-refractivity contribution in [1.82, 2.24) is 5.32 Å². The highest BCUT2D eigenvalue weighted by atomic mass is 16.5. The fourth-order valence-electron chi connectivity index (χ4n) is 1.86. The van der Waals surface area contributed by atoms with E-state index in [0.29, 0.717) is 6.54 Å². The van der Waals surface area contributed by atoms with Crippen LogP contribution in [-0.2, 0) is 11.2 Å². The Labute approximate surface area is 101 Å². The topological polar surface area (TPSA) is 38.3 Å². The zero-order valence-electron chi connectivity index (χ0n) is 10.0. The Morgan fingerprint density at radius 2 is 2.41 bits per heavy atom. The van der Waals surface area contributed by atoms with Crippen molar-refractivity contribution < 1.29 is 9.53 Å². The molecule has 0 bridgehead atoms. The van der Waals surface area contributed by atoms with Gasteiger partial charge in [0.2, 0.25) is 5.91 Å². The molecule has 0 aliphatic carbocycles. The number of hydrogen-bond donors (Lipinski definition) is 1. The van der Waals surface area contributed by atoms with Crippen molar-refractivity contribution >= 4 is 12.0 Å². The molecule has 3 nitrogen and oxygen atoms in total. The minimum absolute atomic E-state index is 0.0214. The van der Waals surface area contributed by atoms with Crippen LogP contribution in [0.5, 0.6) is 5.75 Å². The van der Waals surface area contributed by atoms with Crippen LogP contribution < -0.4 is 10.1 Å². The highest BCUT2D eigenvalue weighted by molar-refractivity contribution is 5.72. The molecule has 0 saturated heterocycles. The lowest BCUT2D eigenvalue weighted by Crippen LogP contribution is -2.20. The second-order valence-electron chi connectivity index (χ2n) is 4.14. The summed E-state index contributed by atoms with van der Waals surface area (Å²) < 4.78 is 5.45. The molecule has 1 aliphatic rings. The molecule has 1 aromatic carbocycles. The van der Waals surface area contributed by atoms with E-state index in [-0.39, 0.29) is 5.91 Å².